The van der Waals surface area contributed by atoms with Gasteiger partial charge in [-0.15, -0.1) is 0 Å². The van der Waals surface area contributed by atoms with E-state index in [4.69, 9.17) is 20.7 Å². The number of aromatic amines is 1. The van der Waals surface area contributed by atoms with E-state index >= 15 is 0 Å². The van der Waals surface area contributed by atoms with Gasteiger partial charge in [-0.05, 0) is 13.0 Å². The minimum absolute atomic E-state index is 0.0128. The number of H-pyrrole nitrogens is 1. The molecule has 1 aliphatic carbocycles. The second-order valence-corrected chi connectivity index (χ2v) is 12.1. The van der Waals surface area contributed by atoms with E-state index in [0.717, 1.165) is 6.33 Å². The van der Waals surface area contributed by atoms with Gasteiger partial charge in [-0.1, -0.05) is 0 Å². The topological polar surface area (TPSA) is 315 Å². The zero-order valence-electron chi connectivity index (χ0n) is 19.9. The van der Waals surface area contributed by atoms with Crippen LogP contribution in [0.4, 0.5) is 5.82 Å². The van der Waals surface area contributed by atoms with Gasteiger partial charge in [0.15, 0.2) is 11.7 Å². The molecule has 1 saturated heterocycles. The smallest absolute Gasteiger partial charge is 0.390 e. The Morgan fingerprint density at radius 1 is 1.08 bits per heavy atom. The highest BCUT2D eigenvalue weighted by Gasteiger charge is 2.48. The number of nitrogens with two attached hydrogens (primary N) is 2. The Labute approximate surface area is 218 Å². The van der Waals surface area contributed by atoms with Crippen molar-refractivity contribution >= 4 is 32.5 Å². The van der Waals surface area contributed by atoms with Gasteiger partial charge in [-0.2, -0.15) is 4.31 Å². The molecule has 2 fully saturated rings. The molecule has 0 bridgehead atoms. The highest BCUT2D eigenvalue weighted by Crippen LogP contribution is 2.61. The van der Waals surface area contributed by atoms with Gasteiger partial charge in [0, 0.05) is 12.0 Å². The first-order chi connectivity index (χ1) is 18.1. The summed E-state index contributed by atoms with van der Waals surface area (Å²) in [6.07, 6.45) is -11.9. The van der Waals surface area contributed by atoms with Gasteiger partial charge >= 0.3 is 15.6 Å². The van der Waals surface area contributed by atoms with E-state index < -0.39 is 82.7 Å². The van der Waals surface area contributed by atoms with Gasteiger partial charge in [-0.25, -0.2) is 14.1 Å². The lowest BCUT2D eigenvalue weighted by Crippen LogP contribution is -2.55. The van der Waals surface area contributed by atoms with Crippen LogP contribution in [0.25, 0.3) is 11.0 Å². The van der Waals surface area contributed by atoms with E-state index in [1.807, 2.05) is 0 Å². The zero-order valence-corrected chi connectivity index (χ0v) is 21.7. The van der Waals surface area contributed by atoms with Crippen LogP contribution in [0.3, 0.4) is 0 Å². The lowest BCUT2D eigenvalue weighted by Gasteiger charge is -2.39. The number of anilines is 1. The Bertz CT molecular complexity index is 1340. The second-order valence-electron chi connectivity index (χ2n) is 9.15. The van der Waals surface area contributed by atoms with Crippen LogP contribution in [-0.2, 0) is 27.2 Å². The van der Waals surface area contributed by atoms with Crippen LogP contribution >= 0.6 is 15.6 Å². The Balaban J connectivity index is 1.39. The van der Waals surface area contributed by atoms with Crippen LogP contribution in [0.1, 0.15) is 12.6 Å². The predicted molar refractivity (Wildman–Crippen MR) is 127 cm³/mol. The number of rotatable bonds is 9. The van der Waals surface area contributed by atoms with Crippen LogP contribution in [0.15, 0.2) is 17.2 Å². The van der Waals surface area contributed by atoms with Crippen molar-refractivity contribution in [3.8, 4) is 0 Å². The number of aliphatic hydroxyl groups is 5. The van der Waals surface area contributed by atoms with Crippen molar-refractivity contribution in [1.29, 1.82) is 0 Å². The summed E-state index contributed by atoms with van der Waals surface area (Å²) in [5.41, 5.74) is 10.6. The van der Waals surface area contributed by atoms with Gasteiger partial charge in [0.05, 0.1) is 30.7 Å². The molecule has 19 nitrogen and oxygen atoms in total. The summed E-state index contributed by atoms with van der Waals surface area (Å²) in [5.74, 6) is -0.838. The highest BCUT2D eigenvalue weighted by atomic mass is 31.3. The Hall–Kier alpha value is -1.80. The number of pyridine rings is 1. The largest absolute Gasteiger partial charge is 0.481 e. The minimum atomic E-state index is -5.42. The Morgan fingerprint density at radius 3 is 2.44 bits per heavy atom. The molecule has 4 rings (SSSR count). The van der Waals surface area contributed by atoms with Crippen molar-refractivity contribution in [1.82, 2.24) is 14.5 Å². The Morgan fingerprint density at radius 2 is 1.77 bits per heavy atom. The number of phosphoric ester groups is 2. The quantitative estimate of drug-likeness (QED) is 0.125. The molecule has 11 atom stereocenters. The van der Waals surface area contributed by atoms with Gasteiger partial charge in [-0.3, -0.25) is 13.8 Å². The summed E-state index contributed by atoms with van der Waals surface area (Å²) < 4.78 is 45.1. The van der Waals surface area contributed by atoms with E-state index in [1.54, 1.807) is 0 Å². The van der Waals surface area contributed by atoms with Crippen LogP contribution in [0, 0.1) is 5.92 Å². The summed E-state index contributed by atoms with van der Waals surface area (Å²) in [7, 11) is -10.8. The number of phosphoric acid groups is 2. The third-order valence-electron chi connectivity index (χ3n) is 6.49. The van der Waals surface area contributed by atoms with Gasteiger partial charge in [0.2, 0.25) is 0 Å². The summed E-state index contributed by atoms with van der Waals surface area (Å²) in [6, 6.07) is 1.34. The molecule has 0 radical (unpaired) electrons. The third-order valence-corrected chi connectivity index (χ3v) is 9.15. The van der Waals surface area contributed by atoms with Crippen molar-refractivity contribution in [3.63, 3.8) is 0 Å². The van der Waals surface area contributed by atoms with E-state index in [0.29, 0.717) is 0 Å². The SMILES string of the molecule is NCC1C[C@H](OP(=O)(O)OP(=O)(O)OC[C@H]2O[C@@H](n3cnc4c(=O)[nH]c(N)cc43)C(O)[C@H]2O)C(O)[C@@H](O)[C@@H]1O. The maximum atomic E-state index is 12.4. The molecular formula is C18H29N5O14P2. The maximum Gasteiger partial charge on any atom is 0.481 e. The molecule has 3 heterocycles. The molecule has 0 spiro atoms. The first kappa shape index (κ1) is 30.2. The average molecular weight is 601 g/mol. The number of hydrogen-bond acceptors (Lipinski definition) is 15. The van der Waals surface area contributed by atoms with Crippen LogP contribution in [0.5, 0.6) is 0 Å². The molecular weight excluding hydrogens is 572 g/mol. The lowest BCUT2D eigenvalue weighted by molar-refractivity contribution is -0.152. The minimum Gasteiger partial charge on any atom is -0.390 e. The first-order valence-corrected chi connectivity index (χ1v) is 14.4. The van der Waals surface area contributed by atoms with Crippen LogP contribution in [-0.4, -0.2) is 106 Å². The molecule has 220 valence electrons. The average Bonchev–Trinajstić information content (AvgIpc) is 3.38. The number of hydrogen-bond donors (Lipinski definition) is 10. The van der Waals surface area contributed by atoms with Crippen molar-refractivity contribution in [2.75, 3.05) is 18.9 Å². The number of aliphatic hydroxyl groups excluding tert-OH is 5. The molecule has 39 heavy (non-hydrogen) atoms. The molecule has 0 amide bonds. The molecule has 1 saturated carbocycles. The van der Waals surface area contributed by atoms with E-state index in [2.05, 4.69) is 18.8 Å². The molecule has 0 aromatic carbocycles. The molecule has 1 aliphatic heterocycles. The summed E-state index contributed by atoms with van der Waals surface area (Å²) >= 11 is 0. The second kappa shape index (κ2) is 11.2. The van der Waals surface area contributed by atoms with E-state index in [9.17, 15) is 49.2 Å². The lowest BCUT2D eigenvalue weighted by atomic mass is 9.81. The number of aromatic nitrogens is 3. The highest BCUT2D eigenvalue weighted by molar-refractivity contribution is 7.61. The van der Waals surface area contributed by atoms with Gasteiger partial charge in [0.1, 0.15) is 36.3 Å². The first-order valence-electron chi connectivity index (χ1n) is 11.4. The van der Waals surface area contributed by atoms with Crippen molar-refractivity contribution in [3.05, 3.63) is 22.7 Å². The zero-order chi connectivity index (χ0) is 28.9. The standard InChI is InChI=1S/C18H29N5O14P2/c19-3-6-1-8(13(25)15(27)12(6)24)36-39(32,33)37-38(30,31)34-4-9-14(26)16(28)18(35-9)23-5-21-11-7(23)2-10(20)22-17(11)29/h2,5-6,8-9,12-16,18,24-28H,1,3-4,19H2,(H,30,31)(H,32,33)(H3,20,22,29)/t6?,8-,9+,12+,13?,14-,15-,16?,18+/m0/s1. The molecule has 21 heteroatoms. The number of fused-ring (bicyclic) bond motifs is 1. The van der Waals surface area contributed by atoms with Crippen molar-refractivity contribution in [2.24, 2.45) is 11.7 Å². The fraction of sp³-hybridized carbons (Fsp3) is 0.667. The number of nitrogen functional groups attached to an aromatic ring is 1. The van der Waals surface area contributed by atoms with Crippen LogP contribution < -0.4 is 17.0 Å². The summed E-state index contributed by atoms with van der Waals surface area (Å²) in [4.78, 5) is 38.2. The number of ether oxygens (including phenoxy) is 1. The molecule has 2 aliphatic rings. The van der Waals surface area contributed by atoms with Crippen molar-refractivity contribution in [2.45, 2.75) is 55.4 Å². The fourth-order valence-electron chi connectivity index (χ4n) is 4.49. The maximum absolute atomic E-state index is 12.4. The number of nitrogens with zero attached hydrogens (tertiary/aromatic N) is 2. The van der Waals surface area contributed by atoms with Gasteiger partial charge < -0.3 is 61.1 Å². The fourth-order valence-corrected chi connectivity index (χ4v) is 6.77. The van der Waals surface area contributed by atoms with Crippen molar-refractivity contribution < 1.29 is 62.5 Å². The summed E-state index contributed by atoms with van der Waals surface area (Å²) in [6.45, 7) is -1.09. The van der Waals surface area contributed by atoms with Gasteiger partial charge in [0.25, 0.3) is 5.56 Å². The number of nitrogens with one attached hydrogen (secondary N) is 1. The molecule has 12 N–H and O–H groups in total. The van der Waals surface area contributed by atoms with E-state index in [1.165, 1.54) is 10.6 Å². The Kier molecular flexibility index (Phi) is 8.69. The monoisotopic (exact) mass is 601 g/mol. The normalized spacial score (nSPS) is 36.6. The van der Waals surface area contributed by atoms with E-state index in [-0.39, 0.29) is 29.8 Å². The predicted octanol–water partition coefficient (Wildman–Crippen LogP) is -3.39. The molecule has 5 unspecified atom stereocenters. The summed E-state index contributed by atoms with van der Waals surface area (Å²) in [5, 5.41) is 50.7. The third kappa shape index (κ3) is 6.27. The molecule has 2 aromatic heterocycles. The number of imidazole rings is 1. The molecule has 2 aromatic rings. The van der Waals surface area contributed by atoms with Crippen LogP contribution in [0.2, 0.25) is 0 Å².